The maximum Gasteiger partial charge on any atom is 0.133 e. The minimum atomic E-state index is -0.201. The van der Waals surface area contributed by atoms with Crippen LogP contribution in [0.25, 0.3) is 10.9 Å². The monoisotopic (exact) mass is 697 g/mol. The molecule has 7 rings (SSSR count). The van der Waals surface area contributed by atoms with Crippen molar-refractivity contribution in [3.8, 4) is 0 Å². The quantitative estimate of drug-likeness (QED) is 0.0854. The summed E-state index contributed by atoms with van der Waals surface area (Å²) in [7, 11) is 0. The van der Waals surface area contributed by atoms with Crippen molar-refractivity contribution in [1.29, 1.82) is 0 Å². The fraction of sp³-hybridized carbons (Fsp3) is 0.476. The van der Waals surface area contributed by atoms with Crippen molar-refractivity contribution in [1.82, 2.24) is 4.98 Å². The number of nitrogens with two attached hydrogens (primary N) is 1. The minimum Gasteiger partial charge on any atom is -0.393 e. The molecule has 51 heavy (non-hydrogen) atoms. The molecule has 2 saturated carbocycles. The lowest BCUT2D eigenvalue weighted by Crippen LogP contribution is -2.18. The highest BCUT2D eigenvalue weighted by atomic mass is 16.3. The molecule has 2 fully saturated rings. The summed E-state index contributed by atoms with van der Waals surface area (Å²) in [6.07, 6.45) is 8.19. The lowest BCUT2D eigenvalue weighted by Gasteiger charge is -2.18. The van der Waals surface area contributed by atoms with Crippen LogP contribution < -0.4 is 16.7 Å². The molecule has 1 unspecified atom stereocenters. The maximum absolute atomic E-state index is 10.5. The normalized spacial score (nSPS) is 18.6. The SMILES string of the molecule is Cc1ccc2c3c([nH]c2c1C)CCC(O)C3.Cc1cccc(NN)c1C.Cc1cccc(NN=C2CCC(O)CC2)c1C.O=C1CCC(O)CC1. The van der Waals surface area contributed by atoms with Crippen molar-refractivity contribution < 1.29 is 20.1 Å². The highest BCUT2D eigenvalue weighted by Gasteiger charge is 2.21. The summed E-state index contributed by atoms with van der Waals surface area (Å²) in [5.74, 6) is 5.57. The van der Waals surface area contributed by atoms with Crippen LogP contribution in [0.1, 0.15) is 102 Å². The molecule has 4 aromatic rings. The van der Waals surface area contributed by atoms with Crippen molar-refractivity contribution in [2.75, 3.05) is 10.9 Å². The van der Waals surface area contributed by atoms with Crippen LogP contribution in [0.15, 0.2) is 53.6 Å². The van der Waals surface area contributed by atoms with Gasteiger partial charge in [0.15, 0.2) is 0 Å². The number of hydrazone groups is 1. The van der Waals surface area contributed by atoms with Crippen LogP contribution in [0.2, 0.25) is 0 Å². The number of nitrogen functional groups attached to an aromatic ring is 1. The Kier molecular flexibility index (Phi) is 14.8. The predicted octanol–water partition coefficient (Wildman–Crippen LogP) is 7.72. The fourth-order valence-electron chi connectivity index (χ4n) is 6.60. The first-order valence-corrected chi connectivity index (χ1v) is 18.4. The van der Waals surface area contributed by atoms with Crippen LogP contribution in [0.4, 0.5) is 11.4 Å². The first-order valence-electron chi connectivity index (χ1n) is 18.4. The van der Waals surface area contributed by atoms with Crippen LogP contribution in [-0.4, -0.2) is 50.1 Å². The van der Waals surface area contributed by atoms with E-state index in [0.29, 0.717) is 31.5 Å². The Morgan fingerprint density at radius 3 is 1.76 bits per heavy atom. The van der Waals surface area contributed by atoms with Crippen molar-refractivity contribution in [3.63, 3.8) is 0 Å². The third-order valence-electron chi connectivity index (χ3n) is 10.6. The number of hydrogen-bond acceptors (Lipinski definition) is 8. The summed E-state index contributed by atoms with van der Waals surface area (Å²) >= 11 is 0. The standard InChI is InChI=1S/C14H20N2O.C14H17NO.C8H12N2.C6H10O2/c1-10-4-3-5-14(11(10)2)16-15-12-6-8-13(17)9-7-12;1-8-3-5-11-12-7-10(16)4-6-13(12)15-14(11)9(8)2;1-6-4-3-5-8(10-9)7(6)2;7-5-1-2-6(8)4-3-5/h3-5,13,16-17H,6-9H2,1-2H3;3,5,10,15-16H,4,6-7H2,1-2H3;3-5,10H,9H2,1-2H3;5,7H,1-4H2. The van der Waals surface area contributed by atoms with E-state index in [-0.39, 0.29) is 18.3 Å². The second-order valence-corrected chi connectivity index (χ2v) is 14.3. The van der Waals surface area contributed by atoms with E-state index in [1.54, 1.807) is 0 Å². The smallest absolute Gasteiger partial charge is 0.133 e. The lowest BCUT2D eigenvalue weighted by atomic mass is 9.93. The first kappa shape index (κ1) is 39.8. The average Bonchev–Trinajstić information content (AvgIpc) is 3.49. The number of hydrogen-bond donors (Lipinski definition) is 7. The van der Waals surface area contributed by atoms with E-state index in [0.717, 1.165) is 62.0 Å². The minimum absolute atomic E-state index is 0.130. The molecule has 3 aliphatic carbocycles. The molecule has 9 nitrogen and oxygen atoms in total. The number of carbonyl (C=O) groups excluding carboxylic acids is 1. The second-order valence-electron chi connectivity index (χ2n) is 14.3. The highest BCUT2D eigenvalue weighted by molar-refractivity contribution is 5.88. The van der Waals surface area contributed by atoms with Gasteiger partial charge in [-0.05, 0) is 144 Å². The molecule has 1 atom stereocenters. The van der Waals surface area contributed by atoms with Gasteiger partial charge in [0.1, 0.15) is 5.78 Å². The maximum atomic E-state index is 10.5. The zero-order valence-corrected chi connectivity index (χ0v) is 31.4. The number of aliphatic hydroxyl groups excluding tert-OH is 3. The van der Waals surface area contributed by atoms with Gasteiger partial charge < -0.3 is 25.7 Å². The van der Waals surface area contributed by atoms with E-state index in [1.165, 1.54) is 55.5 Å². The topological polar surface area (TPSA) is 156 Å². The molecule has 0 amide bonds. The molecule has 1 heterocycles. The highest BCUT2D eigenvalue weighted by Crippen LogP contribution is 2.32. The Labute approximate surface area is 303 Å². The number of nitrogens with zero attached hydrogens (tertiary/aromatic N) is 1. The third kappa shape index (κ3) is 11.2. The third-order valence-corrected chi connectivity index (χ3v) is 10.6. The molecule has 0 spiro atoms. The van der Waals surface area contributed by atoms with Gasteiger partial charge in [-0.3, -0.25) is 16.1 Å². The van der Waals surface area contributed by atoms with Gasteiger partial charge in [0, 0.05) is 41.6 Å². The van der Waals surface area contributed by atoms with Crippen LogP contribution in [0.5, 0.6) is 0 Å². The van der Waals surface area contributed by atoms with Crippen LogP contribution >= 0.6 is 0 Å². The van der Waals surface area contributed by atoms with E-state index in [4.69, 9.17) is 10.9 Å². The Morgan fingerprint density at radius 2 is 1.20 bits per heavy atom. The number of carbonyl (C=O) groups is 1. The number of anilines is 2. The van der Waals surface area contributed by atoms with E-state index < -0.39 is 0 Å². The Balaban J connectivity index is 0.000000159. The van der Waals surface area contributed by atoms with Gasteiger partial charge in [-0.1, -0.05) is 36.4 Å². The first-order chi connectivity index (χ1) is 24.4. The van der Waals surface area contributed by atoms with Crippen molar-refractivity contribution in [3.05, 3.63) is 93.2 Å². The van der Waals surface area contributed by atoms with Gasteiger partial charge >= 0.3 is 0 Å². The fourth-order valence-corrected chi connectivity index (χ4v) is 6.60. The van der Waals surface area contributed by atoms with Gasteiger partial charge in [0.05, 0.1) is 29.7 Å². The summed E-state index contributed by atoms with van der Waals surface area (Å²) in [5.41, 5.74) is 20.6. The van der Waals surface area contributed by atoms with Gasteiger partial charge in [-0.25, -0.2) is 0 Å². The number of ketones is 1. The number of aromatic nitrogens is 1. The molecule has 276 valence electrons. The largest absolute Gasteiger partial charge is 0.393 e. The predicted molar refractivity (Wildman–Crippen MR) is 210 cm³/mol. The number of fused-ring (bicyclic) bond motifs is 3. The van der Waals surface area contributed by atoms with Crippen LogP contribution in [0.3, 0.4) is 0 Å². The number of hydrazine groups is 1. The molecular weight excluding hydrogens is 638 g/mol. The molecule has 3 aliphatic rings. The second kappa shape index (κ2) is 19.0. The number of aromatic amines is 1. The molecular formula is C42H59N5O4. The van der Waals surface area contributed by atoms with E-state index in [2.05, 4.69) is 79.8 Å². The Bertz CT molecular complexity index is 1780. The average molecular weight is 698 g/mol. The number of benzene rings is 3. The van der Waals surface area contributed by atoms with E-state index >= 15 is 0 Å². The van der Waals surface area contributed by atoms with Crippen molar-refractivity contribution >= 4 is 33.8 Å². The number of Topliss-reactive ketones (excluding diaryl/α,β-unsaturated/α-hetero) is 1. The molecule has 1 aromatic heterocycles. The molecule has 9 heteroatoms. The number of rotatable bonds is 3. The zero-order chi connectivity index (χ0) is 37.1. The zero-order valence-electron chi connectivity index (χ0n) is 31.4. The molecule has 0 saturated heterocycles. The van der Waals surface area contributed by atoms with Gasteiger partial charge in [0.2, 0.25) is 0 Å². The summed E-state index contributed by atoms with van der Waals surface area (Å²) in [6, 6.07) is 16.6. The van der Waals surface area contributed by atoms with Gasteiger partial charge in [0.25, 0.3) is 0 Å². The molecule has 3 aromatic carbocycles. The van der Waals surface area contributed by atoms with E-state index in [1.807, 2.05) is 31.2 Å². The number of aryl methyl sites for hydroxylation is 5. The van der Waals surface area contributed by atoms with Gasteiger partial charge in [-0.15, -0.1) is 0 Å². The van der Waals surface area contributed by atoms with Crippen molar-refractivity contribution in [2.45, 2.75) is 130 Å². The Hall–Kier alpha value is -4.02. The molecule has 0 radical (unpaired) electrons. The number of H-pyrrole nitrogens is 1. The van der Waals surface area contributed by atoms with E-state index in [9.17, 15) is 15.0 Å². The molecule has 0 bridgehead atoms. The summed E-state index contributed by atoms with van der Waals surface area (Å²) in [4.78, 5) is 14.0. The van der Waals surface area contributed by atoms with Crippen LogP contribution in [0, 0.1) is 41.5 Å². The lowest BCUT2D eigenvalue weighted by molar-refractivity contribution is -0.122. The van der Waals surface area contributed by atoms with Gasteiger partial charge in [-0.2, -0.15) is 5.10 Å². The molecule has 0 aliphatic heterocycles. The summed E-state index contributed by atoms with van der Waals surface area (Å²) in [6.45, 7) is 12.6. The Morgan fingerprint density at radius 1 is 0.667 bits per heavy atom. The summed E-state index contributed by atoms with van der Waals surface area (Å²) < 4.78 is 0. The number of nitrogens with one attached hydrogen (secondary N) is 3. The summed E-state index contributed by atoms with van der Waals surface area (Å²) in [5, 5.41) is 33.8. The number of aliphatic hydroxyl groups is 3. The van der Waals surface area contributed by atoms with Crippen LogP contribution in [-0.2, 0) is 17.6 Å². The molecule has 8 N–H and O–H groups in total. The van der Waals surface area contributed by atoms with Crippen molar-refractivity contribution in [2.24, 2.45) is 10.9 Å².